The predicted octanol–water partition coefficient (Wildman–Crippen LogP) is 5.77. The van der Waals surface area contributed by atoms with Crippen molar-refractivity contribution in [2.75, 3.05) is 4.90 Å². The maximum Gasteiger partial charge on any atom is 0.305 e. The largest absolute Gasteiger partial charge is 0.481 e. The Morgan fingerprint density at radius 1 is 1.14 bits per heavy atom. The summed E-state index contributed by atoms with van der Waals surface area (Å²) in [5.41, 5.74) is 2.70. The zero-order valence-corrected chi connectivity index (χ0v) is 18.2. The highest BCUT2D eigenvalue weighted by atomic mass is 35.5. The number of amides is 1. The summed E-state index contributed by atoms with van der Waals surface area (Å²) < 4.78 is 0. The monoisotopic (exact) mass is 437 g/mol. The lowest BCUT2D eigenvalue weighted by Crippen LogP contribution is -2.41. The van der Waals surface area contributed by atoms with Crippen molar-refractivity contribution < 1.29 is 14.7 Å². The fraction of sp³-hybridized carbons (Fsp3) is 0.333. The minimum Gasteiger partial charge on any atom is -0.481 e. The van der Waals surface area contributed by atoms with Gasteiger partial charge in [0.2, 0.25) is 5.91 Å². The van der Waals surface area contributed by atoms with E-state index in [1.165, 1.54) is 11.8 Å². The highest BCUT2D eigenvalue weighted by Crippen LogP contribution is 2.43. The Morgan fingerprint density at radius 3 is 2.46 bits per heavy atom. The van der Waals surface area contributed by atoms with Crippen molar-refractivity contribution in [3.63, 3.8) is 0 Å². The topological polar surface area (TPSA) is 57.6 Å². The first kappa shape index (κ1) is 21.0. The van der Waals surface area contributed by atoms with Crippen molar-refractivity contribution in [2.24, 2.45) is 0 Å². The molecule has 0 saturated carbocycles. The Labute approximate surface area is 178 Å². The molecule has 1 atom stereocenters. The maximum atomic E-state index is 13.0. The number of thioether (sulfide) groups is 1. The van der Waals surface area contributed by atoms with Gasteiger partial charge in [0.1, 0.15) is 0 Å². The molecule has 0 aromatic heterocycles. The molecular weight excluding hydrogens is 417 g/mol. The molecule has 1 amide bonds. The van der Waals surface area contributed by atoms with Gasteiger partial charge in [-0.3, -0.25) is 9.59 Å². The second-order valence-corrected chi connectivity index (χ2v) is 9.87. The van der Waals surface area contributed by atoms with E-state index in [-0.39, 0.29) is 17.7 Å². The maximum absolute atomic E-state index is 13.0. The molecule has 4 nitrogen and oxygen atoms in total. The van der Waals surface area contributed by atoms with Gasteiger partial charge in [0.05, 0.1) is 33.9 Å². The zero-order chi connectivity index (χ0) is 20.6. The van der Waals surface area contributed by atoms with Crippen LogP contribution in [0.1, 0.15) is 38.3 Å². The molecule has 28 heavy (non-hydrogen) atoms. The number of carbonyl (C=O) groups is 2. The molecule has 1 aliphatic rings. The van der Waals surface area contributed by atoms with Crippen molar-refractivity contribution in [3.8, 4) is 0 Å². The highest BCUT2D eigenvalue weighted by Gasteiger charge is 2.35. The molecule has 0 fully saturated rings. The van der Waals surface area contributed by atoms with E-state index in [0.29, 0.717) is 16.6 Å². The second kappa shape index (κ2) is 7.97. The Kier molecular flexibility index (Phi) is 5.99. The standard InChI is InChI=1S/C21H21Cl2NO3S/c1-21(2,3)13-5-7-16-17(9-13)28-18(10-19(25)26)20(27)24(16)11-12-4-6-14(22)15(23)8-12/h4-9,18H,10-11H2,1-3H3,(H,25,26). The van der Waals surface area contributed by atoms with Crippen LogP contribution in [0.25, 0.3) is 0 Å². The number of carbonyl (C=O) groups excluding carboxylic acids is 1. The second-order valence-electron chi connectivity index (χ2n) is 7.81. The number of carboxylic acid groups (broad SMARTS) is 1. The third-order valence-corrected chi connectivity index (χ3v) is 6.58. The van der Waals surface area contributed by atoms with Gasteiger partial charge in [-0.15, -0.1) is 11.8 Å². The number of nitrogens with zero attached hydrogens (tertiary/aromatic N) is 1. The molecule has 0 spiro atoms. The fourth-order valence-corrected chi connectivity index (χ4v) is 4.64. The van der Waals surface area contributed by atoms with Crippen LogP contribution in [-0.4, -0.2) is 22.2 Å². The zero-order valence-electron chi connectivity index (χ0n) is 15.8. The molecule has 2 aromatic rings. The molecule has 7 heteroatoms. The van der Waals surface area contributed by atoms with E-state index in [2.05, 4.69) is 26.8 Å². The molecule has 148 valence electrons. The van der Waals surface area contributed by atoms with Crippen LogP contribution in [0.5, 0.6) is 0 Å². The molecule has 3 rings (SSSR count). The van der Waals surface area contributed by atoms with Crippen molar-refractivity contribution in [2.45, 2.75) is 49.3 Å². The number of halogens is 2. The van der Waals surface area contributed by atoms with E-state index in [0.717, 1.165) is 21.7 Å². The summed E-state index contributed by atoms with van der Waals surface area (Å²) in [5, 5.41) is 9.45. The third-order valence-electron chi connectivity index (χ3n) is 4.61. The summed E-state index contributed by atoms with van der Waals surface area (Å²) in [4.78, 5) is 26.9. The molecular formula is C21H21Cl2NO3S. The predicted molar refractivity (Wildman–Crippen MR) is 115 cm³/mol. The number of anilines is 1. The van der Waals surface area contributed by atoms with Crippen molar-refractivity contribution in [1.29, 1.82) is 0 Å². The highest BCUT2D eigenvalue weighted by molar-refractivity contribution is 8.01. The van der Waals surface area contributed by atoms with Crippen LogP contribution < -0.4 is 4.90 Å². The molecule has 0 aliphatic carbocycles. The van der Waals surface area contributed by atoms with E-state index in [4.69, 9.17) is 23.2 Å². The molecule has 1 heterocycles. The molecule has 0 bridgehead atoms. The quantitative estimate of drug-likeness (QED) is 0.658. The third kappa shape index (κ3) is 4.48. The Hall–Kier alpha value is -1.69. The van der Waals surface area contributed by atoms with Crippen LogP contribution in [-0.2, 0) is 21.5 Å². The SMILES string of the molecule is CC(C)(C)c1ccc2c(c1)SC(CC(=O)O)C(=O)N2Cc1ccc(Cl)c(Cl)c1. The smallest absolute Gasteiger partial charge is 0.305 e. The number of fused-ring (bicyclic) bond motifs is 1. The normalized spacial score (nSPS) is 16.8. The van der Waals surface area contributed by atoms with Gasteiger partial charge in [-0.1, -0.05) is 56.1 Å². The first-order valence-electron chi connectivity index (χ1n) is 8.84. The van der Waals surface area contributed by atoms with Gasteiger partial charge in [-0.2, -0.15) is 0 Å². The van der Waals surface area contributed by atoms with Crippen LogP contribution in [0.15, 0.2) is 41.3 Å². The summed E-state index contributed by atoms with van der Waals surface area (Å²) in [6, 6.07) is 11.3. The van der Waals surface area contributed by atoms with Gasteiger partial charge >= 0.3 is 5.97 Å². The minimum atomic E-state index is -0.990. The molecule has 1 unspecified atom stereocenters. The summed E-state index contributed by atoms with van der Waals surface area (Å²) in [6.07, 6.45) is -0.222. The van der Waals surface area contributed by atoms with Crippen molar-refractivity contribution in [3.05, 3.63) is 57.6 Å². The number of hydrogen-bond donors (Lipinski definition) is 1. The lowest BCUT2D eigenvalue weighted by atomic mass is 9.87. The van der Waals surface area contributed by atoms with Crippen LogP contribution >= 0.6 is 35.0 Å². The van der Waals surface area contributed by atoms with E-state index >= 15 is 0 Å². The van der Waals surface area contributed by atoms with Gasteiger partial charge in [0.25, 0.3) is 0 Å². The molecule has 1 aliphatic heterocycles. The Morgan fingerprint density at radius 2 is 1.86 bits per heavy atom. The lowest BCUT2D eigenvalue weighted by molar-refractivity contribution is -0.138. The summed E-state index contributed by atoms with van der Waals surface area (Å²) in [5.74, 6) is -1.20. The van der Waals surface area contributed by atoms with Gasteiger partial charge in [0, 0.05) is 4.90 Å². The average Bonchev–Trinajstić information content (AvgIpc) is 2.60. The molecule has 0 saturated heterocycles. The summed E-state index contributed by atoms with van der Waals surface area (Å²) >= 11 is 13.4. The van der Waals surface area contributed by atoms with Gasteiger partial charge in [-0.25, -0.2) is 0 Å². The van der Waals surface area contributed by atoms with Crippen LogP contribution in [0, 0.1) is 0 Å². The van der Waals surface area contributed by atoms with E-state index < -0.39 is 11.2 Å². The summed E-state index contributed by atoms with van der Waals surface area (Å²) in [6.45, 7) is 6.66. The van der Waals surface area contributed by atoms with E-state index in [1.54, 1.807) is 17.0 Å². The molecule has 1 N–H and O–H groups in total. The lowest BCUT2D eigenvalue weighted by Gasteiger charge is -2.34. The fourth-order valence-electron chi connectivity index (χ4n) is 3.07. The van der Waals surface area contributed by atoms with E-state index in [9.17, 15) is 14.7 Å². The first-order valence-corrected chi connectivity index (χ1v) is 10.5. The van der Waals surface area contributed by atoms with Crippen molar-refractivity contribution >= 4 is 52.5 Å². The number of carboxylic acids is 1. The number of benzene rings is 2. The molecule has 0 radical (unpaired) electrons. The minimum absolute atomic E-state index is 0.0477. The number of hydrogen-bond acceptors (Lipinski definition) is 3. The van der Waals surface area contributed by atoms with Crippen LogP contribution in [0.2, 0.25) is 10.0 Å². The van der Waals surface area contributed by atoms with Crippen LogP contribution in [0.3, 0.4) is 0 Å². The van der Waals surface area contributed by atoms with Crippen LogP contribution in [0.4, 0.5) is 5.69 Å². The molecule has 2 aromatic carbocycles. The Bertz CT molecular complexity index is 940. The van der Waals surface area contributed by atoms with Gasteiger partial charge in [-0.05, 0) is 40.8 Å². The average molecular weight is 438 g/mol. The summed E-state index contributed by atoms with van der Waals surface area (Å²) in [7, 11) is 0. The van der Waals surface area contributed by atoms with Gasteiger partial charge in [0.15, 0.2) is 0 Å². The van der Waals surface area contributed by atoms with E-state index in [1.807, 2.05) is 18.2 Å². The Balaban J connectivity index is 2.02. The first-order chi connectivity index (χ1) is 13.1. The van der Waals surface area contributed by atoms with Crippen molar-refractivity contribution in [1.82, 2.24) is 0 Å². The number of rotatable bonds is 4. The number of aliphatic carboxylic acids is 1. The van der Waals surface area contributed by atoms with Gasteiger partial charge < -0.3 is 10.0 Å².